The van der Waals surface area contributed by atoms with E-state index in [-0.39, 0.29) is 0 Å². The second-order valence-electron chi connectivity index (χ2n) is 5.60. The van der Waals surface area contributed by atoms with E-state index < -0.39 is 0 Å². The van der Waals surface area contributed by atoms with Gasteiger partial charge in [-0.05, 0) is 38.7 Å². The number of carbonyl (C=O) groups is 1. The Morgan fingerprint density at radius 2 is 2.00 bits per heavy atom. The zero-order chi connectivity index (χ0) is 15.1. The quantitative estimate of drug-likeness (QED) is 0.615. The van der Waals surface area contributed by atoms with E-state index in [1.165, 1.54) is 55.9 Å². The maximum atomic E-state index is 10.0. The molecule has 0 spiro atoms. The first-order valence-corrected chi connectivity index (χ1v) is 8.48. The van der Waals surface area contributed by atoms with Crippen LogP contribution < -0.4 is 0 Å². The number of nitrogens with zero attached hydrogens (tertiary/aromatic N) is 2. The summed E-state index contributed by atoms with van der Waals surface area (Å²) in [6, 6.07) is 1.87. The normalized spacial score (nSPS) is 17.3. The number of thiophene rings is 1. The topological polar surface area (TPSA) is 23.6 Å². The molecular formula is C17H24N2OS. The number of aldehydes is 1. The van der Waals surface area contributed by atoms with Crippen LogP contribution in [0.25, 0.3) is 0 Å². The van der Waals surface area contributed by atoms with Crippen molar-refractivity contribution in [2.75, 3.05) is 26.7 Å². The van der Waals surface area contributed by atoms with Crippen LogP contribution >= 0.6 is 11.3 Å². The van der Waals surface area contributed by atoms with Crippen LogP contribution in [-0.2, 0) is 0 Å². The summed E-state index contributed by atoms with van der Waals surface area (Å²) in [6.45, 7) is 5.64. The molecule has 0 aromatic carbocycles. The summed E-state index contributed by atoms with van der Waals surface area (Å²) in [6.07, 6.45) is 8.23. The molecule has 2 fully saturated rings. The van der Waals surface area contributed by atoms with Crippen LogP contribution in [0.1, 0.15) is 40.9 Å². The van der Waals surface area contributed by atoms with Gasteiger partial charge in [0, 0.05) is 48.7 Å². The molecule has 0 aliphatic carbocycles. The summed E-state index contributed by atoms with van der Waals surface area (Å²) in [5.41, 5.74) is 5.58. The van der Waals surface area contributed by atoms with Gasteiger partial charge in [-0.15, -0.1) is 11.3 Å². The fraction of sp³-hybridized carbons (Fsp3) is 0.529. The highest BCUT2D eigenvalue weighted by Gasteiger charge is 2.11. The molecule has 2 aliphatic rings. The van der Waals surface area contributed by atoms with Gasteiger partial charge in [-0.3, -0.25) is 4.79 Å². The van der Waals surface area contributed by atoms with Gasteiger partial charge in [0.2, 0.25) is 0 Å². The van der Waals surface area contributed by atoms with Gasteiger partial charge in [0.25, 0.3) is 0 Å². The molecule has 114 valence electrons. The van der Waals surface area contributed by atoms with Crippen LogP contribution in [0.2, 0.25) is 0 Å². The molecule has 0 saturated carbocycles. The zero-order valence-electron chi connectivity index (χ0n) is 13.0. The molecule has 4 heteroatoms. The fourth-order valence-electron chi connectivity index (χ4n) is 2.55. The molecule has 0 radical (unpaired) electrons. The Hall–Kier alpha value is -1.51. The lowest BCUT2D eigenvalue weighted by Gasteiger charge is -2.11. The average molecular weight is 304 g/mol. The number of carbonyl (C=O) groups excluding carboxylic acids is 1. The molecule has 2 saturated heterocycles. The van der Waals surface area contributed by atoms with Crippen LogP contribution in [0.4, 0.5) is 0 Å². The molecule has 0 bridgehead atoms. The lowest BCUT2D eigenvalue weighted by atomic mass is 10.3. The fourth-order valence-corrected chi connectivity index (χ4v) is 3.20. The van der Waals surface area contributed by atoms with Crippen molar-refractivity contribution in [1.82, 2.24) is 9.80 Å². The summed E-state index contributed by atoms with van der Waals surface area (Å²) in [5, 5.41) is 1.85. The van der Waals surface area contributed by atoms with Crippen LogP contribution in [0.5, 0.6) is 0 Å². The van der Waals surface area contributed by atoms with Gasteiger partial charge in [-0.2, -0.15) is 0 Å². The second-order valence-corrected chi connectivity index (χ2v) is 6.71. The average Bonchev–Trinajstić information content (AvgIpc) is 3.20. The van der Waals surface area contributed by atoms with Crippen molar-refractivity contribution in [1.29, 1.82) is 0 Å². The molecular weight excluding hydrogens is 280 g/mol. The molecule has 2 aliphatic heterocycles. The highest BCUT2D eigenvalue weighted by molar-refractivity contribution is 7.10. The van der Waals surface area contributed by atoms with Gasteiger partial charge in [0.15, 0.2) is 6.29 Å². The van der Waals surface area contributed by atoms with E-state index in [1.807, 2.05) is 18.4 Å². The van der Waals surface area contributed by atoms with E-state index in [4.69, 9.17) is 0 Å². The first kappa shape index (κ1) is 15.9. The van der Waals surface area contributed by atoms with Crippen LogP contribution in [0.3, 0.4) is 0 Å². The molecule has 3 rings (SSSR count). The van der Waals surface area contributed by atoms with Crippen LogP contribution in [0.15, 0.2) is 29.1 Å². The minimum atomic E-state index is 0.785. The second kappa shape index (κ2) is 8.06. The summed E-state index contributed by atoms with van der Waals surface area (Å²) in [5.74, 6) is 0. The highest BCUT2D eigenvalue weighted by Crippen LogP contribution is 2.17. The SMILES string of the molecule is CN1CCCC1=C=CN1CCCC1.Cc1cc(C=O)cs1. The Kier molecular flexibility index (Phi) is 6.09. The third-order valence-electron chi connectivity index (χ3n) is 3.81. The summed E-state index contributed by atoms with van der Waals surface area (Å²) >= 11 is 1.60. The Morgan fingerprint density at radius 3 is 2.48 bits per heavy atom. The smallest absolute Gasteiger partial charge is 0.150 e. The number of allylic oxidation sites excluding steroid dienone is 1. The third-order valence-corrected chi connectivity index (χ3v) is 4.69. The lowest BCUT2D eigenvalue weighted by Crippen LogP contribution is -2.11. The van der Waals surface area contributed by atoms with Crippen molar-refractivity contribution in [3.8, 4) is 0 Å². The lowest BCUT2D eigenvalue weighted by molar-refractivity contribution is 0.112. The van der Waals surface area contributed by atoms with Crippen molar-refractivity contribution in [2.45, 2.75) is 32.6 Å². The van der Waals surface area contributed by atoms with E-state index in [0.29, 0.717) is 0 Å². The standard InChI is InChI=1S/C11H18N2.C6H6OS/c1-12-7-4-5-11(12)6-10-13-8-2-3-9-13;1-5-2-6(3-7)4-8-5/h10H,2-5,7-9H2,1H3;2-4H,1H3. The summed E-state index contributed by atoms with van der Waals surface area (Å²) in [4.78, 5) is 15.9. The van der Waals surface area contributed by atoms with Gasteiger partial charge in [-0.1, -0.05) is 5.73 Å². The predicted molar refractivity (Wildman–Crippen MR) is 88.7 cm³/mol. The number of hydrogen-bond acceptors (Lipinski definition) is 4. The monoisotopic (exact) mass is 304 g/mol. The summed E-state index contributed by atoms with van der Waals surface area (Å²) < 4.78 is 0. The molecule has 0 amide bonds. The zero-order valence-corrected chi connectivity index (χ0v) is 13.8. The van der Waals surface area contributed by atoms with Crippen molar-refractivity contribution >= 4 is 17.6 Å². The molecule has 0 unspecified atom stereocenters. The number of hydrogen-bond donors (Lipinski definition) is 0. The van der Waals surface area contributed by atoms with E-state index in [1.54, 1.807) is 11.3 Å². The molecule has 21 heavy (non-hydrogen) atoms. The van der Waals surface area contributed by atoms with E-state index in [2.05, 4.69) is 28.8 Å². The minimum absolute atomic E-state index is 0.785. The third kappa shape index (κ3) is 5.07. The van der Waals surface area contributed by atoms with Crippen molar-refractivity contribution < 1.29 is 4.79 Å². The van der Waals surface area contributed by atoms with Gasteiger partial charge < -0.3 is 9.80 Å². The van der Waals surface area contributed by atoms with Crippen molar-refractivity contribution in [3.63, 3.8) is 0 Å². The van der Waals surface area contributed by atoms with Gasteiger partial charge in [0.1, 0.15) is 0 Å². The number of likely N-dealkylation sites (tertiary alicyclic amines) is 2. The Morgan fingerprint density at radius 1 is 1.24 bits per heavy atom. The van der Waals surface area contributed by atoms with Crippen LogP contribution in [-0.4, -0.2) is 42.8 Å². The molecule has 0 atom stereocenters. The summed E-state index contributed by atoms with van der Waals surface area (Å²) in [7, 11) is 2.16. The highest BCUT2D eigenvalue weighted by atomic mass is 32.1. The van der Waals surface area contributed by atoms with Crippen LogP contribution in [0, 0.1) is 6.92 Å². The molecule has 1 aromatic heterocycles. The predicted octanol–water partition coefficient (Wildman–Crippen LogP) is 3.67. The van der Waals surface area contributed by atoms with Gasteiger partial charge in [-0.25, -0.2) is 0 Å². The Balaban J connectivity index is 0.000000173. The van der Waals surface area contributed by atoms with Crippen molar-refractivity contribution in [3.05, 3.63) is 39.5 Å². The van der Waals surface area contributed by atoms with Gasteiger partial charge in [0.05, 0.1) is 5.70 Å². The Bertz CT molecular complexity index is 523. The maximum Gasteiger partial charge on any atom is 0.150 e. The maximum absolute atomic E-state index is 10.0. The minimum Gasteiger partial charge on any atom is -0.372 e. The molecule has 3 heterocycles. The Labute approximate surface area is 131 Å². The van der Waals surface area contributed by atoms with E-state index in [0.717, 1.165) is 11.8 Å². The van der Waals surface area contributed by atoms with E-state index in [9.17, 15) is 4.79 Å². The van der Waals surface area contributed by atoms with Gasteiger partial charge >= 0.3 is 0 Å². The van der Waals surface area contributed by atoms with E-state index >= 15 is 0 Å². The molecule has 3 nitrogen and oxygen atoms in total. The first-order chi connectivity index (χ1) is 10.2. The first-order valence-electron chi connectivity index (χ1n) is 7.60. The number of rotatable bonds is 2. The molecule has 1 aromatic rings. The largest absolute Gasteiger partial charge is 0.372 e. The van der Waals surface area contributed by atoms with Crippen molar-refractivity contribution in [2.24, 2.45) is 0 Å². The number of aryl methyl sites for hydroxylation is 1. The molecule has 0 N–H and O–H groups in total.